The third-order valence-electron chi connectivity index (χ3n) is 7.74. The molecule has 10 atom stereocenters. The fraction of sp³-hybridized carbons (Fsp3) is 0.545. The van der Waals surface area contributed by atoms with Crippen LogP contribution in [0, 0.1) is 0 Å². The summed E-state index contributed by atoms with van der Waals surface area (Å²) in [6, 6.07) is 19.1. The summed E-state index contributed by atoms with van der Waals surface area (Å²) in [5.41, 5.74) is 1.73. The Morgan fingerprint density at radius 1 is 0.804 bits per heavy atom. The number of rotatable bonds is 11. The zero-order valence-electron chi connectivity index (χ0n) is 26.2. The minimum Gasteiger partial charge on any atom is -0.463 e. The smallest absolute Gasteiger partial charge is 0.303 e. The van der Waals surface area contributed by atoms with Gasteiger partial charge in [-0.1, -0.05) is 60.7 Å². The molecule has 3 saturated heterocycles. The molecule has 0 amide bonds. The zero-order valence-corrected chi connectivity index (χ0v) is 26.2. The molecule has 3 aliphatic rings. The van der Waals surface area contributed by atoms with E-state index >= 15 is 0 Å². The van der Waals surface area contributed by atoms with Crippen LogP contribution in [0.15, 0.2) is 60.7 Å². The second-order valence-corrected chi connectivity index (χ2v) is 11.2. The standard InChI is InChI=1S/C33H40O13/c1-19(34)38-17-25-28(42-21(3)36)24(41-20(2)35)15-27(43-25)45-30-29-26(18-40-32(46-29)23-13-9-6-10-14-23)44-33(37-4)31(30)39-16-22-11-7-5-8-12-22/h5-14,24-33H,15-18H2,1-4H3/t24-,25?,26?,27-,28-,29-,30?,31?,32?,33+/m1/s1. The van der Waals surface area contributed by atoms with E-state index in [0.717, 1.165) is 11.1 Å². The van der Waals surface area contributed by atoms with Crippen molar-refractivity contribution in [3.05, 3.63) is 71.8 Å². The largest absolute Gasteiger partial charge is 0.463 e. The quantitative estimate of drug-likeness (QED) is 0.261. The van der Waals surface area contributed by atoms with E-state index < -0.39 is 79.5 Å². The van der Waals surface area contributed by atoms with Gasteiger partial charge >= 0.3 is 17.9 Å². The van der Waals surface area contributed by atoms with Gasteiger partial charge in [-0.15, -0.1) is 0 Å². The van der Waals surface area contributed by atoms with Crippen LogP contribution >= 0.6 is 0 Å². The highest BCUT2D eigenvalue weighted by atomic mass is 16.8. The van der Waals surface area contributed by atoms with Crippen molar-refractivity contribution in [2.24, 2.45) is 0 Å². The van der Waals surface area contributed by atoms with Crippen molar-refractivity contribution in [3.63, 3.8) is 0 Å². The summed E-state index contributed by atoms with van der Waals surface area (Å²) < 4.78 is 60.1. The average molecular weight is 645 g/mol. The lowest BCUT2D eigenvalue weighted by Crippen LogP contribution is -2.65. The number of carbonyl (C=O) groups is 3. The Balaban J connectivity index is 1.45. The lowest BCUT2D eigenvalue weighted by Gasteiger charge is -2.50. The van der Waals surface area contributed by atoms with Crippen LogP contribution in [-0.2, 0) is 68.4 Å². The highest BCUT2D eigenvalue weighted by molar-refractivity contribution is 5.67. The van der Waals surface area contributed by atoms with Crippen LogP contribution in [0.1, 0.15) is 44.6 Å². The van der Waals surface area contributed by atoms with Crippen molar-refractivity contribution in [2.75, 3.05) is 20.3 Å². The third kappa shape index (κ3) is 8.68. The molecule has 0 radical (unpaired) electrons. The molecular formula is C33H40O13. The van der Waals surface area contributed by atoms with Crippen molar-refractivity contribution in [1.29, 1.82) is 0 Å². The molecule has 250 valence electrons. The Hall–Kier alpha value is -3.43. The zero-order chi connectivity index (χ0) is 32.6. The van der Waals surface area contributed by atoms with Gasteiger partial charge < -0.3 is 47.4 Å². The van der Waals surface area contributed by atoms with Crippen molar-refractivity contribution in [1.82, 2.24) is 0 Å². The Kier molecular flexibility index (Phi) is 11.7. The van der Waals surface area contributed by atoms with Gasteiger partial charge in [-0.3, -0.25) is 14.4 Å². The van der Waals surface area contributed by atoms with Crippen molar-refractivity contribution >= 4 is 17.9 Å². The van der Waals surface area contributed by atoms with Crippen LogP contribution < -0.4 is 0 Å². The van der Waals surface area contributed by atoms with Crippen LogP contribution in [0.25, 0.3) is 0 Å². The van der Waals surface area contributed by atoms with Gasteiger partial charge in [0.1, 0.15) is 43.2 Å². The van der Waals surface area contributed by atoms with Gasteiger partial charge in [0.25, 0.3) is 0 Å². The SMILES string of the molecule is CO[C@H]1OC2COC(c3ccccc3)O[C@H]2C(O[C@@H]2C[C@@H](OC(C)=O)[C@@H](OC(C)=O)C(COC(C)=O)O2)C1OCc1ccccc1. The first-order valence-electron chi connectivity index (χ1n) is 15.2. The molecule has 13 heteroatoms. The molecule has 2 aromatic rings. The second-order valence-electron chi connectivity index (χ2n) is 11.2. The van der Waals surface area contributed by atoms with Gasteiger partial charge in [0.15, 0.2) is 25.0 Å². The Bertz CT molecular complexity index is 1280. The molecule has 0 saturated carbocycles. The van der Waals surface area contributed by atoms with Gasteiger partial charge in [-0.25, -0.2) is 0 Å². The molecule has 13 nitrogen and oxygen atoms in total. The molecule has 0 aliphatic carbocycles. The molecule has 5 unspecified atom stereocenters. The molecule has 3 fully saturated rings. The molecule has 0 N–H and O–H groups in total. The molecule has 0 bridgehead atoms. The molecule has 0 spiro atoms. The van der Waals surface area contributed by atoms with Gasteiger partial charge in [0.2, 0.25) is 0 Å². The van der Waals surface area contributed by atoms with E-state index in [1.807, 2.05) is 60.7 Å². The van der Waals surface area contributed by atoms with Crippen molar-refractivity contribution in [2.45, 2.75) is 95.4 Å². The number of hydrogen-bond donors (Lipinski definition) is 0. The fourth-order valence-electron chi connectivity index (χ4n) is 5.77. The Morgan fingerprint density at radius 3 is 2.15 bits per heavy atom. The molecule has 3 heterocycles. The summed E-state index contributed by atoms with van der Waals surface area (Å²) >= 11 is 0. The van der Waals surface area contributed by atoms with E-state index in [0.29, 0.717) is 0 Å². The summed E-state index contributed by atoms with van der Waals surface area (Å²) in [5.74, 6) is -1.78. The first-order valence-corrected chi connectivity index (χ1v) is 15.2. The van der Waals surface area contributed by atoms with E-state index in [-0.39, 0.29) is 26.2 Å². The summed E-state index contributed by atoms with van der Waals surface area (Å²) in [7, 11) is 1.50. The van der Waals surface area contributed by atoms with Crippen molar-refractivity contribution < 1.29 is 61.8 Å². The Morgan fingerprint density at radius 2 is 1.50 bits per heavy atom. The first-order chi connectivity index (χ1) is 22.2. The van der Waals surface area contributed by atoms with E-state index in [2.05, 4.69) is 0 Å². The second kappa shape index (κ2) is 15.9. The van der Waals surface area contributed by atoms with Gasteiger partial charge in [-0.2, -0.15) is 0 Å². The van der Waals surface area contributed by atoms with E-state index in [9.17, 15) is 14.4 Å². The number of ether oxygens (including phenoxy) is 10. The van der Waals surface area contributed by atoms with Crippen LogP contribution in [0.3, 0.4) is 0 Å². The number of methoxy groups -OCH3 is 1. The minimum absolute atomic E-state index is 0.00941. The van der Waals surface area contributed by atoms with Crippen LogP contribution in [0.5, 0.6) is 0 Å². The highest BCUT2D eigenvalue weighted by Crippen LogP contribution is 2.39. The predicted octanol–water partition coefficient (Wildman–Crippen LogP) is 2.98. The summed E-state index contributed by atoms with van der Waals surface area (Å²) in [4.78, 5) is 35.8. The number of benzene rings is 2. The summed E-state index contributed by atoms with van der Waals surface area (Å²) in [5, 5.41) is 0. The summed E-state index contributed by atoms with van der Waals surface area (Å²) in [6.07, 6.45) is -8.61. The lowest BCUT2D eigenvalue weighted by atomic mass is 9.96. The molecule has 5 rings (SSSR count). The van der Waals surface area contributed by atoms with Crippen LogP contribution in [0.2, 0.25) is 0 Å². The van der Waals surface area contributed by atoms with Gasteiger partial charge in [-0.05, 0) is 5.56 Å². The molecule has 2 aromatic carbocycles. The van der Waals surface area contributed by atoms with E-state index in [1.165, 1.54) is 27.9 Å². The summed E-state index contributed by atoms with van der Waals surface area (Å²) in [6.45, 7) is 3.84. The van der Waals surface area contributed by atoms with Crippen molar-refractivity contribution in [3.8, 4) is 0 Å². The molecule has 0 aromatic heterocycles. The van der Waals surface area contributed by atoms with Gasteiger partial charge in [0, 0.05) is 39.9 Å². The van der Waals surface area contributed by atoms with E-state index in [4.69, 9.17) is 47.4 Å². The maximum atomic E-state index is 12.1. The van der Waals surface area contributed by atoms with E-state index in [1.54, 1.807) is 0 Å². The normalized spacial score (nSPS) is 32.5. The number of esters is 3. The Labute approximate surface area is 267 Å². The maximum absolute atomic E-state index is 12.1. The topological polar surface area (TPSA) is 144 Å². The average Bonchev–Trinajstić information content (AvgIpc) is 3.04. The van der Waals surface area contributed by atoms with Gasteiger partial charge in [0.05, 0.1) is 13.2 Å². The number of hydrogen-bond acceptors (Lipinski definition) is 13. The van der Waals surface area contributed by atoms with Crippen LogP contribution in [-0.4, -0.2) is 93.5 Å². The molecule has 3 aliphatic heterocycles. The molecule has 46 heavy (non-hydrogen) atoms. The number of carbonyl (C=O) groups excluding carboxylic acids is 3. The monoisotopic (exact) mass is 644 g/mol. The fourth-order valence-corrected chi connectivity index (χ4v) is 5.77. The third-order valence-corrected chi connectivity index (χ3v) is 7.74. The van der Waals surface area contributed by atoms with Crippen LogP contribution in [0.4, 0.5) is 0 Å². The predicted molar refractivity (Wildman–Crippen MR) is 157 cm³/mol. The highest BCUT2D eigenvalue weighted by Gasteiger charge is 2.54. The maximum Gasteiger partial charge on any atom is 0.303 e. The first kappa shape index (κ1) is 33.9. The number of fused-ring (bicyclic) bond motifs is 1. The minimum atomic E-state index is -1.05. The lowest BCUT2D eigenvalue weighted by molar-refractivity contribution is -0.387. The molecular weight excluding hydrogens is 604 g/mol.